The summed E-state index contributed by atoms with van der Waals surface area (Å²) in [5.74, 6) is 0. The second-order valence-corrected chi connectivity index (χ2v) is 13.9. The molecule has 0 fully saturated rings. The van der Waals surface area contributed by atoms with Crippen LogP contribution < -0.4 is 4.90 Å². The van der Waals surface area contributed by atoms with Gasteiger partial charge in [-0.1, -0.05) is 133 Å². The van der Waals surface area contributed by atoms with Crippen molar-refractivity contribution in [1.29, 1.82) is 0 Å². The summed E-state index contributed by atoms with van der Waals surface area (Å²) < 4.78 is 1.21. The third-order valence-electron chi connectivity index (χ3n) is 9.82. The summed E-state index contributed by atoms with van der Waals surface area (Å²) >= 11 is 1.76. The van der Waals surface area contributed by atoms with Gasteiger partial charge in [-0.3, -0.25) is 0 Å². The van der Waals surface area contributed by atoms with E-state index in [0.717, 1.165) is 33.1 Å². The van der Waals surface area contributed by atoms with Crippen LogP contribution >= 0.6 is 11.3 Å². The van der Waals surface area contributed by atoms with E-state index in [0.29, 0.717) is 0 Å². The van der Waals surface area contributed by atoms with E-state index in [1.807, 2.05) is 0 Å². The normalized spacial score (nSPS) is 11.6. The molecule has 234 valence electrons. The summed E-state index contributed by atoms with van der Waals surface area (Å²) in [6, 6.07) is 65.8. The highest BCUT2D eigenvalue weighted by atomic mass is 32.1. The Balaban J connectivity index is 1.09. The van der Waals surface area contributed by atoms with Crippen LogP contribution in [0.3, 0.4) is 0 Å². The van der Waals surface area contributed by atoms with E-state index in [-0.39, 0.29) is 0 Å². The van der Waals surface area contributed by atoms with E-state index in [1.54, 1.807) is 11.3 Å². The summed E-state index contributed by atoms with van der Waals surface area (Å²) in [5, 5.41) is 10.9. The lowest BCUT2D eigenvalue weighted by Gasteiger charge is -2.26. The van der Waals surface area contributed by atoms with Crippen molar-refractivity contribution in [3.63, 3.8) is 0 Å². The Bertz CT molecular complexity index is 2790. The van der Waals surface area contributed by atoms with Crippen molar-refractivity contribution in [1.82, 2.24) is 4.98 Å². The molecule has 50 heavy (non-hydrogen) atoms. The lowest BCUT2D eigenvalue weighted by atomic mass is 9.96. The van der Waals surface area contributed by atoms with Gasteiger partial charge in [-0.25, -0.2) is 4.98 Å². The van der Waals surface area contributed by atoms with Gasteiger partial charge in [-0.2, -0.15) is 0 Å². The topological polar surface area (TPSA) is 16.1 Å². The van der Waals surface area contributed by atoms with Crippen LogP contribution in [0, 0.1) is 0 Å². The molecular weight excluding hydrogens is 625 g/mol. The molecule has 0 N–H and O–H groups in total. The number of aromatic nitrogens is 1. The van der Waals surface area contributed by atoms with Crippen LogP contribution in [0.1, 0.15) is 0 Å². The molecule has 0 aliphatic rings. The zero-order chi connectivity index (χ0) is 33.0. The third-order valence-corrected chi connectivity index (χ3v) is 10.9. The molecule has 0 saturated carbocycles. The minimum atomic E-state index is 1.05. The fraction of sp³-hybridized carbons (Fsp3) is 0. The van der Waals surface area contributed by atoms with Crippen LogP contribution in [0.5, 0.6) is 0 Å². The Morgan fingerprint density at radius 2 is 0.920 bits per heavy atom. The molecule has 1 aromatic heterocycles. The summed E-state index contributed by atoms with van der Waals surface area (Å²) in [4.78, 5) is 7.56. The van der Waals surface area contributed by atoms with Gasteiger partial charge >= 0.3 is 0 Å². The number of thiazole rings is 1. The summed E-state index contributed by atoms with van der Waals surface area (Å²) in [5.41, 5.74) is 7.98. The van der Waals surface area contributed by atoms with Gasteiger partial charge in [0.15, 0.2) is 0 Å². The maximum Gasteiger partial charge on any atom is 0.124 e. The Kier molecular flexibility index (Phi) is 6.71. The molecule has 0 radical (unpaired) electrons. The van der Waals surface area contributed by atoms with E-state index in [4.69, 9.17) is 4.98 Å². The van der Waals surface area contributed by atoms with Gasteiger partial charge in [0.05, 0.1) is 10.2 Å². The minimum Gasteiger partial charge on any atom is -0.310 e. The number of nitrogens with zero attached hydrogens (tertiary/aromatic N) is 2. The number of rotatable bonds is 5. The quantitative estimate of drug-likeness (QED) is 0.172. The molecule has 0 atom stereocenters. The van der Waals surface area contributed by atoms with Gasteiger partial charge in [-0.15, -0.1) is 11.3 Å². The molecule has 3 heteroatoms. The Morgan fingerprint density at radius 3 is 1.62 bits per heavy atom. The molecule has 10 rings (SSSR count). The smallest absolute Gasteiger partial charge is 0.124 e. The van der Waals surface area contributed by atoms with Gasteiger partial charge in [0.2, 0.25) is 0 Å². The molecule has 0 spiro atoms. The van der Waals surface area contributed by atoms with Crippen molar-refractivity contribution < 1.29 is 0 Å². The lowest BCUT2D eigenvalue weighted by molar-refractivity contribution is 1.29. The molecule has 2 nitrogen and oxygen atoms in total. The number of anilines is 3. The van der Waals surface area contributed by atoms with Crippen molar-refractivity contribution in [3.05, 3.63) is 182 Å². The summed E-state index contributed by atoms with van der Waals surface area (Å²) in [7, 11) is 0. The maximum atomic E-state index is 5.20. The summed E-state index contributed by atoms with van der Waals surface area (Å²) in [6.07, 6.45) is 0. The fourth-order valence-corrected chi connectivity index (χ4v) is 8.27. The predicted molar refractivity (Wildman–Crippen MR) is 215 cm³/mol. The molecule has 0 aliphatic heterocycles. The highest BCUT2D eigenvalue weighted by Crippen LogP contribution is 2.41. The van der Waals surface area contributed by atoms with Gasteiger partial charge in [0, 0.05) is 28.0 Å². The molecule has 1 heterocycles. The number of benzene rings is 9. The molecular formula is C47H30N2S. The molecule has 0 unspecified atom stereocenters. The van der Waals surface area contributed by atoms with Crippen LogP contribution in [0.15, 0.2) is 182 Å². The zero-order valence-corrected chi connectivity index (χ0v) is 27.9. The minimum absolute atomic E-state index is 1.05. The SMILES string of the molecule is c1ccc(-c2nc3c(ccc4ccc5ccc(-c6ccc(N(c7ccc8ccccc8c7)c7ccc8ccccc8c7)cc6)cc5c43)s2)cc1. The van der Waals surface area contributed by atoms with Crippen molar-refractivity contribution in [2.45, 2.75) is 0 Å². The Labute approximate surface area is 294 Å². The molecule has 0 aliphatic carbocycles. The second-order valence-electron chi connectivity index (χ2n) is 12.8. The average molecular weight is 655 g/mol. The Hall–Kier alpha value is -6.29. The van der Waals surface area contributed by atoms with Crippen molar-refractivity contribution in [2.24, 2.45) is 0 Å². The molecule has 10 aromatic rings. The monoisotopic (exact) mass is 654 g/mol. The largest absolute Gasteiger partial charge is 0.310 e. The van der Waals surface area contributed by atoms with Gasteiger partial charge < -0.3 is 4.90 Å². The van der Waals surface area contributed by atoms with Crippen LogP contribution in [0.25, 0.3) is 75.0 Å². The third kappa shape index (κ3) is 4.91. The van der Waals surface area contributed by atoms with Crippen LogP contribution in [-0.4, -0.2) is 4.98 Å². The second kappa shape index (κ2) is 11.7. The van der Waals surface area contributed by atoms with E-state index in [1.165, 1.54) is 58.9 Å². The van der Waals surface area contributed by atoms with Crippen LogP contribution in [0.4, 0.5) is 17.1 Å². The average Bonchev–Trinajstić information content (AvgIpc) is 3.63. The van der Waals surface area contributed by atoms with Gasteiger partial charge in [0.1, 0.15) is 5.01 Å². The number of hydrogen-bond donors (Lipinski definition) is 0. The highest BCUT2D eigenvalue weighted by molar-refractivity contribution is 7.21. The standard InChI is InChI=1S/C47H30N2S/c1-2-10-36(11-3-1)47-48-46-44(50-47)27-22-35-16-14-34-15-17-39(30-43(34)45(35)46)33-18-23-40(24-19-33)49(41-25-20-31-8-4-6-12-37(31)28-41)42-26-21-32-9-5-7-13-38(32)29-42/h1-30H. The predicted octanol–water partition coefficient (Wildman–Crippen LogP) is 13.7. The van der Waals surface area contributed by atoms with Crippen molar-refractivity contribution in [2.75, 3.05) is 4.90 Å². The maximum absolute atomic E-state index is 5.20. The molecule has 0 saturated heterocycles. The first kappa shape index (κ1) is 28.7. The van der Waals surface area contributed by atoms with Crippen LogP contribution in [0.2, 0.25) is 0 Å². The number of fused-ring (bicyclic) bond motifs is 7. The van der Waals surface area contributed by atoms with E-state index >= 15 is 0 Å². The first-order valence-electron chi connectivity index (χ1n) is 16.9. The first-order valence-corrected chi connectivity index (χ1v) is 17.8. The Morgan fingerprint density at radius 1 is 0.380 bits per heavy atom. The van der Waals surface area contributed by atoms with Gasteiger partial charge in [0.25, 0.3) is 0 Å². The van der Waals surface area contributed by atoms with Gasteiger partial charge in [-0.05, 0) is 97.4 Å². The summed E-state index contributed by atoms with van der Waals surface area (Å²) in [6.45, 7) is 0. The lowest BCUT2D eigenvalue weighted by Crippen LogP contribution is -2.09. The van der Waals surface area contributed by atoms with Crippen molar-refractivity contribution in [3.8, 4) is 21.7 Å². The fourth-order valence-electron chi connectivity index (χ4n) is 7.29. The van der Waals surface area contributed by atoms with E-state index in [9.17, 15) is 0 Å². The van der Waals surface area contributed by atoms with E-state index < -0.39 is 0 Å². The highest BCUT2D eigenvalue weighted by Gasteiger charge is 2.16. The van der Waals surface area contributed by atoms with Crippen LogP contribution in [-0.2, 0) is 0 Å². The van der Waals surface area contributed by atoms with E-state index in [2.05, 4.69) is 187 Å². The molecule has 9 aromatic carbocycles. The molecule has 0 amide bonds. The molecule has 0 bridgehead atoms. The number of hydrogen-bond acceptors (Lipinski definition) is 3. The van der Waals surface area contributed by atoms with Crippen molar-refractivity contribution >= 4 is 81.7 Å². The zero-order valence-electron chi connectivity index (χ0n) is 27.1. The first-order chi connectivity index (χ1) is 24.7.